The van der Waals surface area contributed by atoms with Crippen molar-refractivity contribution in [2.45, 2.75) is 72.0 Å². The standard InChI is InChI=1S/C17H30N2O/c1-4-15-9-7-6-8-10-19(15)13-16-11-14(3)17(20-16)12-18-5-2/h11,15,18H,4-10,12-13H2,1-3H3. The minimum absolute atomic E-state index is 0.736. The smallest absolute Gasteiger partial charge is 0.120 e. The Kier molecular flexibility index (Phi) is 6.11. The first-order chi connectivity index (χ1) is 9.74. The van der Waals surface area contributed by atoms with Crippen LogP contribution >= 0.6 is 0 Å². The van der Waals surface area contributed by atoms with Crippen molar-refractivity contribution in [2.24, 2.45) is 0 Å². The average molecular weight is 278 g/mol. The molecule has 1 aliphatic rings. The quantitative estimate of drug-likeness (QED) is 0.856. The number of nitrogens with zero attached hydrogens (tertiary/aromatic N) is 1. The van der Waals surface area contributed by atoms with Gasteiger partial charge < -0.3 is 9.73 Å². The van der Waals surface area contributed by atoms with Crippen LogP contribution < -0.4 is 5.32 Å². The van der Waals surface area contributed by atoms with E-state index in [1.54, 1.807) is 0 Å². The van der Waals surface area contributed by atoms with E-state index in [0.29, 0.717) is 0 Å². The molecule has 2 rings (SSSR count). The lowest BCUT2D eigenvalue weighted by Crippen LogP contribution is -2.33. The normalized spacial score (nSPS) is 21.1. The van der Waals surface area contributed by atoms with E-state index >= 15 is 0 Å². The summed E-state index contributed by atoms with van der Waals surface area (Å²) in [6.45, 7) is 10.6. The van der Waals surface area contributed by atoms with Crippen LogP contribution in [-0.2, 0) is 13.1 Å². The van der Waals surface area contributed by atoms with Gasteiger partial charge in [-0.1, -0.05) is 26.7 Å². The zero-order valence-electron chi connectivity index (χ0n) is 13.4. The largest absolute Gasteiger partial charge is 0.463 e. The molecule has 0 amide bonds. The van der Waals surface area contributed by atoms with Gasteiger partial charge in [-0.05, 0) is 50.9 Å². The Balaban J connectivity index is 2.00. The van der Waals surface area contributed by atoms with Crippen LogP contribution in [0.2, 0.25) is 0 Å². The SMILES string of the molecule is CCNCc1oc(CN2CCCCCC2CC)cc1C. The third-order valence-electron chi connectivity index (χ3n) is 4.44. The highest BCUT2D eigenvalue weighted by molar-refractivity contribution is 5.20. The number of hydrogen-bond donors (Lipinski definition) is 1. The Morgan fingerprint density at radius 3 is 2.90 bits per heavy atom. The van der Waals surface area contributed by atoms with E-state index in [4.69, 9.17) is 4.42 Å². The lowest BCUT2D eigenvalue weighted by atomic mass is 10.1. The van der Waals surface area contributed by atoms with Gasteiger partial charge in [-0.15, -0.1) is 0 Å². The van der Waals surface area contributed by atoms with Gasteiger partial charge in [-0.2, -0.15) is 0 Å². The molecule has 1 atom stereocenters. The molecule has 20 heavy (non-hydrogen) atoms. The van der Waals surface area contributed by atoms with Gasteiger partial charge in [0.1, 0.15) is 11.5 Å². The zero-order chi connectivity index (χ0) is 14.4. The number of aryl methyl sites for hydroxylation is 1. The van der Waals surface area contributed by atoms with Crippen LogP contribution in [0.25, 0.3) is 0 Å². The van der Waals surface area contributed by atoms with E-state index in [2.05, 4.69) is 37.1 Å². The maximum atomic E-state index is 6.05. The number of furan rings is 1. The fourth-order valence-electron chi connectivity index (χ4n) is 3.19. The lowest BCUT2D eigenvalue weighted by Gasteiger charge is -2.28. The molecular formula is C17H30N2O. The summed E-state index contributed by atoms with van der Waals surface area (Å²) in [5.41, 5.74) is 1.28. The molecule has 2 heterocycles. The Morgan fingerprint density at radius 1 is 1.30 bits per heavy atom. The molecule has 0 spiro atoms. The van der Waals surface area contributed by atoms with Crippen LogP contribution in [-0.4, -0.2) is 24.0 Å². The van der Waals surface area contributed by atoms with Crippen molar-refractivity contribution < 1.29 is 4.42 Å². The van der Waals surface area contributed by atoms with Crippen molar-refractivity contribution in [1.29, 1.82) is 0 Å². The van der Waals surface area contributed by atoms with Gasteiger partial charge in [0.05, 0.1) is 13.1 Å². The maximum Gasteiger partial charge on any atom is 0.120 e. The van der Waals surface area contributed by atoms with Crippen molar-refractivity contribution in [3.63, 3.8) is 0 Å². The van der Waals surface area contributed by atoms with E-state index < -0.39 is 0 Å². The van der Waals surface area contributed by atoms with Gasteiger partial charge in [-0.3, -0.25) is 4.90 Å². The van der Waals surface area contributed by atoms with E-state index in [1.165, 1.54) is 44.2 Å². The van der Waals surface area contributed by atoms with Gasteiger partial charge in [0.25, 0.3) is 0 Å². The van der Waals surface area contributed by atoms with Gasteiger partial charge in [0, 0.05) is 6.04 Å². The summed E-state index contributed by atoms with van der Waals surface area (Å²) in [6, 6.07) is 2.96. The lowest BCUT2D eigenvalue weighted by molar-refractivity contribution is 0.171. The number of hydrogen-bond acceptors (Lipinski definition) is 3. The molecule has 0 aromatic carbocycles. The molecule has 0 radical (unpaired) electrons. The van der Waals surface area contributed by atoms with Crippen molar-refractivity contribution in [1.82, 2.24) is 10.2 Å². The first kappa shape index (κ1) is 15.6. The third kappa shape index (κ3) is 4.10. The molecule has 1 saturated heterocycles. The zero-order valence-corrected chi connectivity index (χ0v) is 13.4. The number of rotatable bonds is 6. The van der Waals surface area contributed by atoms with E-state index in [-0.39, 0.29) is 0 Å². The topological polar surface area (TPSA) is 28.4 Å². The first-order valence-electron chi connectivity index (χ1n) is 8.27. The summed E-state index contributed by atoms with van der Waals surface area (Å²) in [6.07, 6.45) is 6.71. The molecular weight excluding hydrogens is 248 g/mol. The molecule has 3 heteroatoms. The fraction of sp³-hybridized carbons (Fsp3) is 0.765. The summed E-state index contributed by atoms with van der Waals surface area (Å²) < 4.78 is 6.05. The van der Waals surface area contributed by atoms with Crippen LogP contribution in [0, 0.1) is 6.92 Å². The van der Waals surface area contributed by atoms with Crippen LogP contribution in [0.1, 0.15) is 63.0 Å². The Hall–Kier alpha value is -0.800. The van der Waals surface area contributed by atoms with Crippen molar-refractivity contribution in [2.75, 3.05) is 13.1 Å². The van der Waals surface area contributed by atoms with Crippen LogP contribution in [0.4, 0.5) is 0 Å². The molecule has 3 nitrogen and oxygen atoms in total. The molecule has 1 unspecified atom stereocenters. The summed E-state index contributed by atoms with van der Waals surface area (Å²) in [7, 11) is 0. The van der Waals surface area contributed by atoms with Gasteiger partial charge >= 0.3 is 0 Å². The molecule has 1 N–H and O–H groups in total. The molecule has 1 aromatic heterocycles. The highest BCUT2D eigenvalue weighted by atomic mass is 16.3. The third-order valence-corrected chi connectivity index (χ3v) is 4.44. The van der Waals surface area contributed by atoms with Gasteiger partial charge in [0.2, 0.25) is 0 Å². The number of nitrogens with one attached hydrogen (secondary N) is 1. The van der Waals surface area contributed by atoms with Crippen LogP contribution in [0.5, 0.6) is 0 Å². The van der Waals surface area contributed by atoms with Crippen molar-refractivity contribution >= 4 is 0 Å². The summed E-state index contributed by atoms with van der Waals surface area (Å²) in [5.74, 6) is 2.24. The molecule has 1 aromatic rings. The van der Waals surface area contributed by atoms with E-state index in [1.807, 2.05) is 0 Å². The van der Waals surface area contributed by atoms with Gasteiger partial charge in [-0.25, -0.2) is 0 Å². The molecule has 114 valence electrons. The summed E-state index contributed by atoms with van der Waals surface area (Å²) in [5, 5.41) is 3.34. The molecule has 0 saturated carbocycles. The van der Waals surface area contributed by atoms with Crippen molar-refractivity contribution in [3.05, 3.63) is 23.2 Å². The van der Waals surface area contributed by atoms with Crippen LogP contribution in [0.15, 0.2) is 10.5 Å². The summed E-state index contributed by atoms with van der Waals surface area (Å²) >= 11 is 0. The maximum absolute atomic E-state index is 6.05. The minimum Gasteiger partial charge on any atom is -0.463 e. The van der Waals surface area contributed by atoms with Gasteiger partial charge in [0.15, 0.2) is 0 Å². The Labute approximate surface area is 123 Å². The fourth-order valence-corrected chi connectivity index (χ4v) is 3.19. The second-order valence-electron chi connectivity index (χ2n) is 5.98. The predicted molar refractivity (Wildman–Crippen MR) is 83.8 cm³/mol. The average Bonchev–Trinajstić information content (AvgIpc) is 2.65. The highest BCUT2D eigenvalue weighted by Crippen LogP contribution is 2.23. The molecule has 1 aliphatic heterocycles. The molecule has 1 fully saturated rings. The monoisotopic (exact) mass is 278 g/mol. The Bertz CT molecular complexity index is 400. The Morgan fingerprint density at radius 2 is 2.15 bits per heavy atom. The van der Waals surface area contributed by atoms with Crippen LogP contribution in [0.3, 0.4) is 0 Å². The molecule has 0 bridgehead atoms. The number of likely N-dealkylation sites (tertiary alicyclic amines) is 1. The molecule has 0 aliphatic carbocycles. The van der Waals surface area contributed by atoms with Crippen molar-refractivity contribution in [3.8, 4) is 0 Å². The first-order valence-corrected chi connectivity index (χ1v) is 8.27. The minimum atomic E-state index is 0.736. The second kappa shape index (κ2) is 7.84. The predicted octanol–water partition coefficient (Wildman–Crippen LogP) is 3.85. The van der Waals surface area contributed by atoms with E-state index in [0.717, 1.165) is 37.2 Å². The highest BCUT2D eigenvalue weighted by Gasteiger charge is 2.21. The summed E-state index contributed by atoms with van der Waals surface area (Å²) in [4.78, 5) is 2.63. The second-order valence-corrected chi connectivity index (χ2v) is 5.98. The van der Waals surface area contributed by atoms with E-state index in [9.17, 15) is 0 Å².